The molecule has 3 heterocycles. The maximum Gasteiger partial charge on any atom is 0.417 e. The average molecular weight is 516 g/mol. The lowest BCUT2D eigenvalue weighted by atomic mass is 9.88. The van der Waals surface area contributed by atoms with Crippen LogP contribution in [0.5, 0.6) is 0 Å². The lowest BCUT2D eigenvalue weighted by molar-refractivity contribution is -0.137. The first kappa shape index (κ1) is 23.2. The van der Waals surface area contributed by atoms with Crippen molar-refractivity contribution in [3.63, 3.8) is 0 Å². The number of benzene rings is 1. The van der Waals surface area contributed by atoms with Crippen LogP contribution in [0.1, 0.15) is 23.5 Å². The van der Waals surface area contributed by atoms with Gasteiger partial charge >= 0.3 is 11.7 Å². The molecule has 1 aliphatic carbocycles. The summed E-state index contributed by atoms with van der Waals surface area (Å²) >= 11 is 12.1. The lowest BCUT2D eigenvalue weighted by Crippen LogP contribution is -2.24. The van der Waals surface area contributed by atoms with Crippen LogP contribution >= 0.6 is 23.2 Å². The summed E-state index contributed by atoms with van der Waals surface area (Å²) in [6.07, 6.45) is 3.76. The number of alkyl halides is 3. The molecule has 1 aliphatic rings. The molecular weight excluding hydrogens is 502 g/mol. The van der Waals surface area contributed by atoms with Crippen LogP contribution in [0.25, 0.3) is 28.2 Å². The van der Waals surface area contributed by atoms with E-state index in [4.69, 9.17) is 23.2 Å². The van der Waals surface area contributed by atoms with Gasteiger partial charge in [-0.25, -0.2) is 0 Å². The molecule has 35 heavy (non-hydrogen) atoms. The van der Waals surface area contributed by atoms with Crippen molar-refractivity contribution in [2.45, 2.75) is 18.5 Å². The third-order valence-corrected chi connectivity index (χ3v) is 6.12. The second-order valence-electron chi connectivity index (χ2n) is 7.79. The highest BCUT2D eigenvalue weighted by molar-refractivity contribution is 6.31. The molecule has 0 aliphatic heterocycles. The van der Waals surface area contributed by atoms with Gasteiger partial charge in [0.25, 0.3) is 0 Å². The number of hydrogen-bond acceptors (Lipinski definition) is 5. The molecule has 4 aromatic rings. The van der Waals surface area contributed by atoms with Crippen molar-refractivity contribution >= 4 is 28.8 Å². The van der Waals surface area contributed by atoms with Gasteiger partial charge in [0, 0.05) is 33.3 Å². The van der Waals surface area contributed by atoms with Crippen molar-refractivity contribution in [1.29, 1.82) is 0 Å². The molecule has 1 atom stereocenters. The standard InChI is InChI=1S/C24H14Cl2F3N5O/c25-16-6-1-13(2-7-16)18-12-31-34-22(20(18)14-3-8-17(26)9-4-14)33-32-21(23(34)35)19-10-5-15(11-30-19)24(27,28)29/h1-3,5-12,14H,4H2. The summed E-state index contributed by atoms with van der Waals surface area (Å²) < 4.78 is 39.7. The Morgan fingerprint density at radius 3 is 2.40 bits per heavy atom. The summed E-state index contributed by atoms with van der Waals surface area (Å²) in [6.45, 7) is 0. The third kappa shape index (κ3) is 4.44. The minimum atomic E-state index is -4.55. The molecule has 0 saturated carbocycles. The van der Waals surface area contributed by atoms with Crippen molar-refractivity contribution in [1.82, 2.24) is 24.8 Å². The lowest BCUT2D eigenvalue weighted by Gasteiger charge is -2.20. The van der Waals surface area contributed by atoms with E-state index >= 15 is 0 Å². The number of hydrogen-bond donors (Lipinski definition) is 0. The van der Waals surface area contributed by atoms with Gasteiger partial charge in [0.15, 0.2) is 11.3 Å². The number of allylic oxidation sites excluding steroid dienone is 4. The first-order chi connectivity index (χ1) is 16.7. The molecule has 0 saturated heterocycles. The number of halogens is 5. The molecule has 0 spiro atoms. The van der Waals surface area contributed by atoms with Crippen molar-refractivity contribution in [3.05, 3.63) is 98.6 Å². The van der Waals surface area contributed by atoms with E-state index in [1.54, 1.807) is 24.4 Å². The number of fused-ring (bicyclic) bond motifs is 1. The van der Waals surface area contributed by atoms with Gasteiger partial charge in [-0.2, -0.15) is 22.8 Å². The monoisotopic (exact) mass is 515 g/mol. The first-order valence-corrected chi connectivity index (χ1v) is 11.1. The van der Waals surface area contributed by atoms with Gasteiger partial charge in [0.2, 0.25) is 0 Å². The zero-order valence-corrected chi connectivity index (χ0v) is 19.2. The van der Waals surface area contributed by atoms with Crippen molar-refractivity contribution in [2.75, 3.05) is 0 Å². The summed E-state index contributed by atoms with van der Waals surface area (Å²) in [4.78, 5) is 17.0. The predicted octanol–water partition coefficient (Wildman–Crippen LogP) is 6.05. The number of aromatic nitrogens is 5. The Morgan fingerprint density at radius 1 is 1.00 bits per heavy atom. The number of rotatable bonds is 3. The molecule has 0 amide bonds. The molecule has 0 bridgehead atoms. The van der Waals surface area contributed by atoms with Crippen LogP contribution in [0.15, 0.2) is 76.8 Å². The van der Waals surface area contributed by atoms with Crippen molar-refractivity contribution < 1.29 is 13.2 Å². The fourth-order valence-electron chi connectivity index (χ4n) is 3.86. The quantitative estimate of drug-likeness (QED) is 0.332. The Labute approximate surface area is 206 Å². The van der Waals surface area contributed by atoms with E-state index in [1.165, 1.54) is 0 Å². The van der Waals surface area contributed by atoms with Crippen LogP contribution in [-0.4, -0.2) is 24.8 Å². The molecule has 6 nitrogen and oxygen atoms in total. The Balaban J connectivity index is 1.69. The van der Waals surface area contributed by atoms with Gasteiger partial charge in [-0.3, -0.25) is 9.78 Å². The third-order valence-electron chi connectivity index (χ3n) is 5.59. The van der Waals surface area contributed by atoms with Gasteiger partial charge in [0.05, 0.1) is 17.5 Å². The second-order valence-corrected chi connectivity index (χ2v) is 8.66. The van der Waals surface area contributed by atoms with Crippen LogP contribution in [0.3, 0.4) is 0 Å². The normalized spacial score (nSPS) is 15.9. The minimum Gasteiger partial charge on any atom is -0.265 e. The molecular formula is C24H14Cl2F3N5O. The van der Waals surface area contributed by atoms with Gasteiger partial charge in [-0.05, 0) is 42.3 Å². The SMILES string of the molecule is O=c1c(-c2ccc(C(F)(F)F)cn2)nnc2c(C3C=CC(Cl)=CC3)c(-c3ccc(Cl)cc3)cnn12. The summed E-state index contributed by atoms with van der Waals surface area (Å²) in [5.41, 5.74) is 0.638. The van der Waals surface area contributed by atoms with E-state index in [0.717, 1.165) is 27.8 Å². The second kappa shape index (κ2) is 8.90. The molecule has 0 radical (unpaired) electrons. The van der Waals surface area contributed by atoms with E-state index in [0.29, 0.717) is 28.2 Å². The molecule has 1 aromatic carbocycles. The average Bonchev–Trinajstić information content (AvgIpc) is 2.84. The van der Waals surface area contributed by atoms with Gasteiger partial charge in [-0.15, -0.1) is 10.2 Å². The maximum absolute atomic E-state index is 13.3. The van der Waals surface area contributed by atoms with Crippen LogP contribution in [0.4, 0.5) is 13.2 Å². The van der Waals surface area contributed by atoms with E-state index in [2.05, 4.69) is 20.3 Å². The summed E-state index contributed by atoms with van der Waals surface area (Å²) in [5, 5.41) is 13.8. The summed E-state index contributed by atoms with van der Waals surface area (Å²) in [7, 11) is 0. The number of nitrogens with zero attached hydrogens (tertiary/aromatic N) is 5. The van der Waals surface area contributed by atoms with Gasteiger partial charge in [-0.1, -0.05) is 47.5 Å². The molecule has 5 rings (SSSR count). The van der Waals surface area contributed by atoms with E-state index in [1.807, 2.05) is 24.3 Å². The van der Waals surface area contributed by atoms with Crippen LogP contribution < -0.4 is 5.56 Å². The van der Waals surface area contributed by atoms with Crippen LogP contribution in [0.2, 0.25) is 5.02 Å². The molecule has 0 N–H and O–H groups in total. The molecule has 11 heteroatoms. The highest BCUT2D eigenvalue weighted by Crippen LogP contribution is 2.37. The Morgan fingerprint density at radius 2 is 1.77 bits per heavy atom. The fourth-order valence-corrected chi connectivity index (χ4v) is 4.14. The molecule has 0 fully saturated rings. The van der Waals surface area contributed by atoms with Crippen LogP contribution in [-0.2, 0) is 6.18 Å². The Hall–Kier alpha value is -3.56. The van der Waals surface area contributed by atoms with E-state index in [-0.39, 0.29) is 23.0 Å². The van der Waals surface area contributed by atoms with Crippen molar-refractivity contribution in [3.8, 4) is 22.5 Å². The molecule has 1 unspecified atom stereocenters. The zero-order chi connectivity index (χ0) is 24.7. The molecule has 3 aromatic heterocycles. The van der Waals surface area contributed by atoms with Gasteiger partial charge in [0.1, 0.15) is 0 Å². The first-order valence-electron chi connectivity index (χ1n) is 10.3. The van der Waals surface area contributed by atoms with E-state index in [9.17, 15) is 18.0 Å². The highest BCUT2D eigenvalue weighted by atomic mass is 35.5. The van der Waals surface area contributed by atoms with Gasteiger partial charge < -0.3 is 0 Å². The highest BCUT2D eigenvalue weighted by Gasteiger charge is 2.31. The zero-order valence-electron chi connectivity index (χ0n) is 17.7. The molecule has 176 valence electrons. The predicted molar refractivity (Wildman–Crippen MR) is 126 cm³/mol. The van der Waals surface area contributed by atoms with Crippen molar-refractivity contribution in [2.24, 2.45) is 0 Å². The van der Waals surface area contributed by atoms with Crippen LogP contribution in [0, 0.1) is 0 Å². The summed E-state index contributed by atoms with van der Waals surface area (Å²) in [5.74, 6) is -0.176. The number of pyridine rings is 1. The summed E-state index contributed by atoms with van der Waals surface area (Å²) in [6, 6.07) is 9.08. The minimum absolute atomic E-state index is 0.0395. The fraction of sp³-hybridized carbons (Fsp3) is 0.125. The Kier molecular flexibility index (Phi) is 5.90. The Bertz CT molecular complexity index is 1550. The van der Waals surface area contributed by atoms with E-state index < -0.39 is 17.3 Å². The topological polar surface area (TPSA) is 73.0 Å². The maximum atomic E-state index is 13.3. The smallest absolute Gasteiger partial charge is 0.265 e. The largest absolute Gasteiger partial charge is 0.417 e.